The molecular formula is C43H38N4O. The Morgan fingerprint density at radius 3 is 2.08 bits per heavy atom. The molecule has 0 radical (unpaired) electrons. The summed E-state index contributed by atoms with van der Waals surface area (Å²) in [6.45, 7) is 11.2. The Kier molecular flexibility index (Phi) is 6.95. The van der Waals surface area contributed by atoms with Crippen molar-refractivity contribution in [3.8, 4) is 23.0 Å². The SMILES string of the molecule is CC(C)(C)c1ccnc(-n2c3ccccc3c3ccc(Oc4cc(-n5cnc6ccccc65)cc(C(C)(C)c5ccccc5)c4)cc32)c1. The first-order valence-electron chi connectivity index (χ1n) is 16.5. The summed E-state index contributed by atoms with van der Waals surface area (Å²) in [6.07, 6.45) is 3.81. The molecule has 3 aromatic heterocycles. The van der Waals surface area contributed by atoms with Gasteiger partial charge in [-0.1, -0.05) is 95.3 Å². The Labute approximate surface area is 281 Å². The first-order chi connectivity index (χ1) is 23.2. The van der Waals surface area contributed by atoms with Crippen LogP contribution in [0, 0.1) is 0 Å². The summed E-state index contributed by atoms with van der Waals surface area (Å²) in [7, 11) is 0. The second kappa shape index (κ2) is 11.2. The molecule has 0 spiro atoms. The topological polar surface area (TPSA) is 44.9 Å². The third-order valence-electron chi connectivity index (χ3n) is 9.56. The van der Waals surface area contributed by atoms with E-state index in [0.29, 0.717) is 0 Å². The minimum Gasteiger partial charge on any atom is -0.457 e. The summed E-state index contributed by atoms with van der Waals surface area (Å²) in [5, 5.41) is 2.34. The van der Waals surface area contributed by atoms with Gasteiger partial charge in [-0.2, -0.15) is 0 Å². The molecule has 0 N–H and O–H groups in total. The minimum absolute atomic E-state index is 0.00152. The minimum atomic E-state index is -0.272. The van der Waals surface area contributed by atoms with E-state index >= 15 is 0 Å². The number of fused-ring (bicyclic) bond motifs is 4. The lowest BCUT2D eigenvalue weighted by atomic mass is 9.78. The van der Waals surface area contributed by atoms with Crippen molar-refractivity contribution in [2.75, 3.05) is 0 Å². The van der Waals surface area contributed by atoms with Crippen LogP contribution >= 0.6 is 0 Å². The van der Waals surface area contributed by atoms with Gasteiger partial charge in [-0.05, 0) is 76.7 Å². The van der Waals surface area contributed by atoms with Crippen molar-refractivity contribution in [3.63, 3.8) is 0 Å². The van der Waals surface area contributed by atoms with E-state index in [1.165, 1.54) is 16.5 Å². The number of aromatic nitrogens is 4. The summed E-state index contributed by atoms with van der Waals surface area (Å²) >= 11 is 0. The van der Waals surface area contributed by atoms with Crippen LogP contribution in [0.3, 0.4) is 0 Å². The molecule has 5 nitrogen and oxygen atoms in total. The van der Waals surface area contributed by atoms with Gasteiger partial charge in [-0.3, -0.25) is 9.13 Å². The van der Waals surface area contributed by atoms with Crippen LogP contribution < -0.4 is 4.74 Å². The van der Waals surface area contributed by atoms with Crippen molar-refractivity contribution in [1.29, 1.82) is 0 Å². The van der Waals surface area contributed by atoms with Crippen molar-refractivity contribution in [1.82, 2.24) is 19.1 Å². The van der Waals surface area contributed by atoms with Gasteiger partial charge < -0.3 is 4.74 Å². The zero-order valence-corrected chi connectivity index (χ0v) is 28.0. The van der Waals surface area contributed by atoms with E-state index in [2.05, 4.69) is 164 Å². The van der Waals surface area contributed by atoms with E-state index in [-0.39, 0.29) is 10.8 Å². The smallest absolute Gasteiger partial charge is 0.137 e. The van der Waals surface area contributed by atoms with Gasteiger partial charge in [0.2, 0.25) is 0 Å². The number of para-hydroxylation sites is 3. The third-order valence-corrected chi connectivity index (χ3v) is 9.56. The number of hydrogen-bond donors (Lipinski definition) is 0. The number of nitrogens with zero attached hydrogens (tertiary/aromatic N) is 4. The molecule has 0 aliphatic heterocycles. The van der Waals surface area contributed by atoms with Crippen LogP contribution in [-0.2, 0) is 10.8 Å². The van der Waals surface area contributed by atoms with E-state index in [0.717, 1.165) is 56.0 Å². The molecule has 0 unspecified atom stereocenters. The van der Waals surface area contributed by atoms with E-state index in [4.69, 9.17) is 9.72 Å². The second-order valence-corrected chi connectivity index (χ2v) is 14.1. The highest BCUT2D eigenvalue weighted by Crippen LogP contribution is 2.39. The predicted octanol–water partition coefficient (Wildman–Crippen LogP) is 10.9. The number of pyridine rings is 1. The fourth-order valence-corrected chi connectivity index (χ4v) is 6.73. The van der Waals surface area contributed by atoms with E-state index in [9.17, 15) is 0 Å². The highest BCUT2D eigenvalue weighted by Gasteiger charge is 2.25. The summed E-state index contributed by atoms with van der Waals surface area (Å²) in [5.74, 6) is 2.42. The third kappa shape index (κ3) is 5.12. The number of hydrogen-bond acceptors (Lipinski definition) is 3. The Morgan fingerprint density at radius 1 is 0.542 bits per heavy atom. The highest BCUT2D eigenvalue weighted by atomic mass is 16.5. The Balaban J connectivity index is 1.29. The van der Waals surface area contributed by atoms with Gasteiger partial charge in [0.15, 0.2) is 0 Å². The molecule has 236 valence electrons. The van der Waals surface area contributed by atoms with Crippen molar-refractivity contribution >= 4 is 32.8 Å². The van der Waals surface area contributed by atoms with Crippen LogP contribution in [-0.4, -0.2) is 19.1 Å². The molecule has 0 saturated carbocycles. The lowest BCUT2D eigenvalue weighted by molar-refractivity contribution is 0.480. The molecule has 0 amide bonds. The Morgan fingerprint density at radius 2 is 1.27 bits per heavy atom. The molecule has 0 bridgehead atoms. The molecular weight excluding hydrogens is 589 g/mol. The van der Waals surface area contributed by atoms with Gasteiger partial charge in [0.1, 0.15) is 23.6 Å². The van der Waals surface area contributed by atoms with E-state index in [1.54, 1.807) is 0 Å². The van der Waals surface area contributed by atoms with Gasteiger partial charge in [0.25, 0.3) is 0 Å². The van der Waals surface area contributed by atoms with Crippen LogP contribution in [0.1, 0.15) is 51.3 Å². The zero-order valence-electron chi connectivity index (χ0n) is 28.0. The summed E-state index contributed by atoms with van der Waals surface area (Å²) < 4.78 is 11.2. The van der Waals surface area contributed by atoms with Crippen LogP contribution in [0.4, 0.5) is 0 Å². The number of ether oxygens (including phenoxy) is 1. The lowest BCUT2D eigenvalue weighted by Gasteiger charge is -2.27. The number of imidazole rings is 1. The molecule has 0 fully saturated rings. The number of benzene rings is 5. The average molecular weight is 627 g/mol. The molecule has 0 aliphatic carbocycles. The fourth-order valence-electron chi connectivity index (χ4n) is 6.73. The first-order valence-corrected chi connectivity index (χ1v) is 16.5. The summed E-state index contributed by atoms with van der Waals surface area (Å²) in [5.41, 5.74) is 8.52. The van der Waals surface area contributed by atoms with Crippen molar-refractivity contribution in [2.45, 2.75) is 45.4 Å². The highest BCUT2D eigenvalue weighted by molar-refractivity contribution is 6.09. The molecule has 8 aromatic rings. The molecule has 0 aliphatic rings. The van der Waals surface area contributed by atoms with Crippen LogP contribution in [0.2, 0.25) is 0 Å². The normalized spacial score (nSPS) is 12.3. The van der Waals surface area contributed by atoms with E-state index in [1.807, 2.05) is 24.7 Å². The Bertz CT molecular complexity index is 2440. The van der Waals surface area contributed by atoms with Gasteiger partial charge in [0, 0.05) is 34.5 Å². The van der Waals surface area contributed by atoms with E-state index < -0.39 is 0 Å². The maximum absolute atomic E-state index is 6.81. The average Bonchev–Trinajstić information content (AvgIpc) is 3.67. The monoisotopic (exact) mass is 626 g/mol. The molecule has 5 heteroatoms. The maximum Gasteiger partial charge on any atom is 0.137 e. The van der Waals surface area contributed by atoms with Gasteiger partial charge in [-0.15, -0.1) is 0 Å². The van der Waals surface area contributed by atoms with Crippen molar-refractivity contribution < 1.29 is 4.74 Å². The second-order valence-electron chi connectivity index (χ2n) is 14.1. The first kappa shape index (κ1) is 29.7. The van der Waals surface area contributed by atoms with Gasteiger partial charge in [0.05, 0.1) is 27.8 Å². The lowest BCUT2D eigenvalue weighted by Crippen LogP contribution is -2.19. The molecule has 0 atom stereocenters. The van der Waals surface area contributed by atoms with Crippen LogP contribution in [0.5, 0.6) is 11.5 Å². The molecule has 3 heterocycles. The molecule has 8 rings (SSSR count). The molecule has 0 saturated heterocycles. The zero-order chi connectivity index (χ0) is 33.0. The Hall–Kier alpha value is -5.68. The molecule has 48 heavy (non-hydrogen) atoms. The summed E-state index contributed by atoms with van der Waals surface area (Å²) in [4.78, 5) is 9.54. The number of rotatable bonds is 6. The van der Waals surface area contributed by atoms with Crippen LogP contribution in [0.25, 0.3) is 44.3 Å². The standard InChI is InChI=1S/C43H38N4O/c1-42(2,3)30-21-22-44-41(25-30)47-38-17-11-9-15-35(38)36-20-19-33(27-40(36)47)48-34-24-31(43(4,5)29-13-7-6-8-14-29)23-32(26-34)46-28-45-37-16-10-12-18-39(37)46/h6-28H,1-5H3. The van der Waals surface area contributed by atoms with Gasteiger partial charge in [-0.25, -0.2) is 9.97 Å². The summed E-state index contributed by atoms with van der Waals surface area (Å²) in [6, 6.07) is 44.6. The quantitative estimate of drug-likeness (QED) is 0.184. The fraction of sp³-hybridized carbons (Fsp3) is 0.163. The molecule has 5 aromatic carbocycles. The van der Waals surface area contributed by atoms with Crippen molar-refractivity contribution in [2.24, 2.45) is 0 Å². The largest absolute Gasteiger partial charge is 0.457 e. The van der Waals surface area contributed by atoms with Crippen LogP contribution in [0.15, 0.2) is 140 Å². The van der Waals surface area contributed by atoms with Gasteiger partial charge >= 0.3 is 0 Å². The predicted molar refractivity (Wildman–Crippen MR) is 197 cm³/mol. The maximum atomic E-state index is 6.81. The van der Waals surface area contributed by atoms with Crippen molar-refractivity contribution in [3.05, 3.63) is 157 Å².